The summed E-state index contributed by atoms with van der Waals surface area (Å²) in [6, 6.07) is 0. The van der Waals surface area contributed by atoms with Crippen molar-refractivity contribution in [2.45, 2.75) is 65.2 Å². The second-order valence-corrected chi connectivity index (χ2v) is 4.08. The van der Waals surface area contributed by atoms with Crippen LogP contribution < -0.4 is 0 Å². The molecule has 0 atom stereocenters. The molecule has 0 aliphatic carbocycles. The smallest absolute Gasteiger partial charge is 0.303 e. The van der Waals surface area contributed by atoms with Crippen molar-refractivity contribution in [2.24, 2.45) is 0 Å². The molecule has 106 valence electrons. The Balaban J connectivity index is 0. The molecule has 0 aliphatic heterocycles. The quantitative estimate of drug-likeness (QED) is 0.486. The van der Waals surface area contributed by atoms with Gasteiger partial charge < -0.3 is 10.2 Å². The van der Waals surface area contributed by atoms with E-state index in [0.717, 1.165) is 38.5 Å². The second kappa shape index (κ2) is 15.7. The maximum absolute atomic E-state index is 10.1. The van der Waals surface area contributed by atoms with Crippen molar-refractivity contribution in [3.8, 4) is 0 Å². The molecule has 18 heavy (non-hydrogen) atoms. The number of allylic oxidation sites excluding steroid dienone is 2. The van der Waals surface area contributed by atoms with Crippen molar-refractivity contribution in [1.29, 1.82) is 0 Å². The minimum Gasteiger partial charge on any atom is -0.481 e. The predicted octanol–water partition coefficient (Wildman–Crippen LogP) is 3.86. The second-order valence-electron chi connectivity index (χ2n) is 4.08. The molecule has 0 unspecified atom stereocenters. The molecule has 0 spiro atoms. The minimum atomic E-state index is -0.740. The van der Waals surface area contributed by atoms with Crippen molar-refractivity contribution in [3.63, 3.8) is 0 Å². The Morgan fingerprint density at radius 1 is 0.722 bits per heavy atom. The number of hydrogen-bond donors (Lipinski definition) is 2. The average Bonchev–Trinajstić information content (AvgIpc) is 2.32. The van der Waals surface area contributed by atoms with Gasteiger partial charge in [0.15, 0.2) is 0 Å². The number of hydrogen-bond acceptors (Lipinski definition) is 2. The lowest BCUT2D eigenvalue weighted by Gasteiger charge is -1.98. The van der Waals surface area contributed by atoms with Gasteiger partial charge in [-0.1, -0.05) is 37.8 Å². The van der Waals surface area contributed by atoms with Gasteiger partial charge in [-0.05, 0) is 26.7 Å². The van der Waals surface area contributed by atoms with Gasteiger partial charge in [0.05, 0.1) is 0 Å². The molecular formula is C14H26O4. The van der Waals surface area contributed by atoms with Crippen molar-refractivity contribution < 1.29 is 19.8 Å². The Hall–Kier alpha value is -1.32. The van der Waals surface area contributed by atoms with Crippen LogP contribution in [-0.2, 0) is 9.59 Å². The van der Waals surface area contributed by atoms with E-state index < -0.39 is 11.9 Å². The maximum atomic E-state index is 10.1. The van der Waals surface area contributed by atoms with Crippen molar-refractivity contribution in [3.05, 3.63) is 12.2 Å². The number of carbonyl (C=O) groups is 2. The van der Waals surface area contributed by atoms with Crippen molar-refractivity contribution >= 4 is 11.9 Å². The van der Waals surface area contributed by atoms with Crippen LogP contribution in [0.5, 0.6) is 0 Å². The van der Waals surface area contributed by atoms with Gasteiger partial charge in [0.2, 0.25) is 0 Å². The highest BCUT2D eigenvalue weighted by Gasteiger charge is 1.98. The highest BCUT2D eigenvalue weighted by Crippen LogP contribution is 2.08. The Labute approximate surface area is 110 Å². The molecule has 0 fully saturated rings. The van der Waals surface area contributed by atoms with Crippen LogP contribution in [0.1, 0.15) is 65.2 Å². The van der Waals surface area contributed by atoms with E-state index in [9.17, 15) is 9.59 Å². The molecule has 2 N–H and O–H groups in total. The molecule has 4 nitrogen and oxygen atoms in total. The van der Waals surface area contributed by atoms with Gasteiger partial charge in [-0.25, -0.2) is 0 Å². The summed E-state index contributed by atoms with van der Waals surface area (Å²) in [6.45, 7) is 4.00. The van der Waals surface area contributed by atoms with Crippen LogP contribution in [0.2, 0.25) is 0 Å². The Bertz CT molecular complexity index is 210. The highest BCUT2D eigenvalue weighted by molar-refractivity contribution is 5.66. The van der Waals surface area contributed by atoms with Gasteiger partial charge in [0, 0.05) is 12.8 Å². The Kier molecular flexibility index (Phi) is 16.6. The van der Waals surface area contributed by atoms with Crippen LogP contribution in [0.3, 0.4) is 0 Å². The van der Waals surface area contributed by atoms with Gasteiger partial charge in [0.25, 0.3) is 0 Å². The van der Waals surface area contributed by atoms with Gasteiger partial charge >= 0.3 is 11.9 Å². The Morgan fingerprint density at radius 3 is 1.22 bits per heavy atom. The summed E-state index contributed by atoms with van der Waals surface area (Å²) in [5, 5.41) is 16.7. The summed E-state index contributed by atoms with van der Waals surface area (Å²) in [7, 11) is 0. The van der Waals surface area contributed by atoms with E-state index in [0.29, 0.717) is 0 Å². The monoisotopic (exact) mass is 258 g/mol. The lowest BCUT2D eigenvalue weighted by molar-refractivity contribution is -0.138. The van der Waals surface area contributed by atoms with Crippen LogP contribution in [0.15, 0.2) is 12.2 Å². The van der Waals surface area contributed by atoms with Gasteiger partial charge in [-0.3, -0.25) is 9.59 Å². The normalized spacial score (nSPS) is 9.89. The predicted molar refractivity (Wildman–Crippen MR) is 72.7 cm³/mol. The van der Waals surface area contributed by atoms with Crippen molar-refractivity contribution in [1.82, 2.24) is 0 Å². The SMILES string of the molecule is C/C=C\C.O=C(O)CCCCCCCCC(=O)O. The fourth-order valence-corrected chi connectivity index (χ4v) is 1.26. The topological polar surface area (TPSA) is 74.6 Å². The molecule has 4 heteroatoms. The molecule has 0 aromatic heterocycles. The van der Waals surface area contributed by atoms with E-state index in [1.165, 1.54) is 0 Å². The zero-order valence-electron chi connectivity index (χ0n) is 11.5. The average molecular weight is 258 g/mol. The largest absolute Gasteiger partial charge is 0.481 e. The summed E-state index contributed by atoms with van der Waals surface area (Å²) in [6.07, 6.45) is 9.82. The number of unbranched alkanes of at least 4 members (excludes halogenated alkanes) is 5. The molecule has 0 rings (SSSR count). The number of carboxylic acid groups (broad SMARTS) is 2. The van der Waals surface area contributed by atoms with Crippen LogP contribution in [-0.4, -0.2) is 22.2 Å². The third-order valence-corrected chi connectivity index (χ3v) is 2.36. The summed E-state index contributed by atoms with van der Waals surface area (Å²) < 4.78 is 0. The van der Waals surface area contributed by atoms with E-state index in [1.807, 2.05) is 26.0 Å². The van der Waals surface area contributed by atoms with E-state index >= 15 is 0 Å². The molecule has 0 saturated heterocycles. The molecule has 0 amide bonds. The first kappa shape index (κ1) is 19.0. The Morgan fingerprint density at radius 2 is 1.00 bits per heavy atom. The van der Waals surface area contributed by atoms with Crippen LogP contribution in [0.25, 0.3) is 0 Å². The molecule has 0 heterocycles. The maximum Gasteiger partial charge on any atom is 0.303 e. The fraction of sp³-hybridized carbons (Fsp3) is 0.714. The van der Waals surface area contributed by atoms with E-state index in [4.69, 9.17) is 10.2 Å². The molecule has 0 aliphatic rings. The van der Waals surface area contributed by atoms with Crippen LogP contribution in [0, 0.1) is 0 Å². The van der Waals surface area contributed by atoms with E-state index in [1.54, 1.807) is 0 Å². The number of aliphatic carboxylic acids is 2. The minimum absolute atomic E-state index is 0.245. The van der Waals surface area contributed by atoms with Gasteiger partial charge in [-0.2, -0.15) is 0 Å². The lowest BCUT2D eigenvalue weighted by atomic mass is 10.1. The molecular weight excluding hydrogens is 232 g/mol. The first-order valence-electron chi connectivity index (χ1n) is 6.55. The van der Waals surface area contributed by atoms with Gasteiger partial charge in [0.1, 0.15) is 0 Å². The zero-order valence-corrected chi connectivity index (χ0v) is 11.5. The third kappa shape index (κ3) is 24.1. The molecule has 0 bridgehead atoms. The van der Waals surface area contributed by atoms with Crippen molar-refractivity contribution in [2.75, 3.05) is 0 Å². The zero-order chi connectivity index (χ0) is 14.2. The summed E-state index contributed by atoms with van der Waals surface area (Å²) >= 11 is 0. The summed E-state index contributed by atoms with van der Waals surface area (Å²) in [4.78, 5) is 20.3. The number of rotatable bonds is 9. The lowest BCUT2D eigenvalue weighted by Crippen LogP contribution is -1.94. The standard InChI is InChI=1S/C10H18O4.C4H8/c11-9(12)7-5-3-1-2-4-6-8-10(13)14;1-3-4-2/h1-8H2,(H,11,12)(H,13,14);3-4H,1-2H3/b;4-3-. The summed E-state index contributed by atoms with van der Waals surface area (Å²) in [5.74, 6) is -1.48. The number of carboxylic acids is 2. The molecule has 0 radical (unpaired) electrons. The first-order chi connectivity index (χ1) is 8.54. The summed E-state index contributed by atoms with van der Waals surface area (Å²) in [5.41, 5.74) is 0. The first-order valence-corrected chi connectivity index (χ1v) is 6.55. The van der Waals surface area contributed by atoms with E-state index in [-0.39, 0.29) is 12.8 Å². The van der Waals surface area contributed by atoms with Crippen LogP contribution >= 0.6 is 0 Å². The molecule has 0 aromatic rings. The molecule has 0 saturated carbocycles. The van der Waals surface area contributed by atoms with Crippen LogP contribution in [0.4, 0.5) is 0 Å². The molecule has 0 aromatic carbocycles. The third-order valence-electron chi connectivity index (χ3n) is 2.36. The van der Waals surface area contributed by atoms with E-state index in [2.05, 4.69) is 0 Å². The van der Waals surface area contributed by atoms with Gasteiger partial charge in [-0.15, -0.1) is 0 Å². The highest BCUT2D eigenvalue weighted by atomic mass is 16.4. The fourth-order valence-electron chi connectivity index (χ4n) is 1.26.